The SMILES string of the molecule is COC(=O)C(C)NS(=O)(=O)c1cc(C(N)=O)n(C)c1. The lowest BCUT2D eigenvalue weighted by Crippen LogP contribution is -2.38. The number of sulfonamides is 1. The van der Waals surface area contributed by atoms with Gasteiger partial charge in [-0.25, -0.2) is 8.42 Å². The van der Waals surface area contributed by atoms with Gasteiger partial charge in [-0.2, -0.15) is 4.72 Å². The van der Waals surface area contributed by atoms with Gasteiger partial charge in [0.25, 0.3) is 5.91 Å². The molecule has 19 heavy (non-hydrogen) atoms. The van der Waals surface area contributed by atoms with E-state index >= 15 is 0 Å². The third-order valence-corrected chi connectivity index (χ3v) is 3.94. The number of nitrogens with two attached hydrogens (primary N) is 1. The Morgan fingerprint density at radius 3 is 2.47 bits per heavy atom. The first kappa shape index (κ1) is 15.2. The molecule has 0 aromatic carbocycles. The van der Waals surface area contributed by atoms with E-state index in [1.807, 2.05) is 0 Å². The largest absolute Gasteiger partial charge is 0.468 e. The molecule has 1 rings (SSSR count). The fourth-order valence-electron chi connectivity index (χ4n) is 1.45. The Morgan fingerprint density at radius 2 is 2.05 bits per heavy atom. The van der Waals surface area contributed by atoms with Crippen molar-refractivity contribution < 1.29 is 22.7 Å². The number of aromatic nitrogens is 1. The standard InChI is InChI=1S/C10H15N3O5S/c1-6(10(15)18-3)12-19(16,17)7-4-8(9(11)14)13(2)5-7/h4-6,12H,1-3H3,(H2,11,14). The lowest BCUT2D eigenvalue weighted by molar-refractivity contribution is -0.142. The summed E-state index contributed by atoms with van der Waals surface area (Å²) in [4.78, 5) is 22.1. The van der Waals surface area contributed by atoms with Gasteiger partial charge in [0.1, 0.15) is 16.6 Å². The fraction of sp³-hybridized carbons (Fsp3) is 0.400. The molecule has 0 saturated carbocycles. The number of hydrogen-bond acceptors (Lipinski definition) is 5. The molecular formula is C10H15N3O5S. The third kappa shape index (κ3) is 3.32. The van der Waals surface area contributed by atoms with Gasteiger partial charge >= 0.3 is 5.97 Å². The molecule has 0 bridgehead atoms. The molecule has 9 heteroatoms. The molecule has 3 N–H and O–H groups in total. The highest BCUT2D eigenvalue weighted by molar-refractivity contribution is 7.89. The van der Waals surface area contributed by atoms with E-state index in [9.17, 15) is 18.0 Å². The molecule has 1 heterocycles. The number of rotatable bonds is 5. The van der Waals surface area contributed by atoms with Crippen molar-refractivity contribution in [3.8, 4) is 0 Å². The zero-order valence-corrected chi connectivity index (χ0v) is 11.5. The minimum Gasteiger partial charge on any atom is -0.468 e. The maximum atomic E-state index is 12.0. The van der Waals surface area contributed by atoms with Crippen molar-refractivity contribution in [1.82, 2.24) is 9.29 Å². The van der Waals surface area contributed by atoms with Crippen LogP contribution in [-0.2, 0) is 26.6 Å². The Labute approximate surface area is 110 Å². The number of amides is 1. The smallest absolute Gasteiger partial charge is 0.323 e. The third-order valence-electron chi connectivity index (χ3n) is 2.43. The van der Waals surface area contributed by atoms with Gasteiger partial charge in [-0.05, 0) is 13.0 Å². The quantitative estimate of drug-likeness (QED) is 0.671. The van der Waals surface area contributed by atoms with Crippen molar-refractivity contribution in [2.75, 3.05) is 7.11 Å². The Morgan fingerprint density at radius 1 is 1.47 bits per heavy atom. The molecule has 1 aromatic rings. The molecule has 1 atom stereocenters. The average molecular weight is 289 g/mol. The molecule has 1 unspecified atom stereocenters. The maximum absolute atomic E-state index is 12.0. The van der Waals surface area contributed by atoms with E-state index in [2.05, 4.69) is 9.46 Å². The minimum atomic E-state index is -3.93. The number of methoxy groups -OCH3 is 1. The molecule has 1 amide bonds. The number of carbonyl (C=O) groups is 2. The van der Waals surface area contributed by atoms with Crippen LogP contribution in [0.3, 0.4) is 0 Å². The fourth-order valence-corrected chi connectivity index (χ4v) is 2.71. The van der Waals surface area contributed by atoms with Crippen LogP contribution in [0.4, 0.5) is 0 Å². The Hall–Kier alpha value is -1.87. The molecule has 0 aliphatic heterocycles. The molecule has 0 radical (unpaired) electrons. The zero-order valence-electron chi connectivity index (χ0n) is 10.7. The van der Waals surface area contributed by atoms with Gasteiger partial charge in [0, 0.05) is 13.2 Å². The normalized spacial score (nSPS) is 13.0. The molecule has 0 aliphatic rings. The summed E-state index contributed by atoms with van der Waals surface area (Å²) in [7, 11) is -1.29. The van der Waals surface area contributed by atoms with Gasteiger partial charge in [-0.3, -0.25) is 9.59 Å². The summed E-state index contributed by atoms with van der Waals surface area (Å²) < 4.78 is 31.8. The highest BCUT2D eigenvalue weighted by Gasteiger charge is 2.24. The number of carbonyl (C=O) groups excluding carboxylic acids is 2. The zero-order chi connectivity index (χ0) is 14.8. The number of ether oxygens (including phenoxy) is 1. The molecule has 0 spiro atoms. The van der Waals surface area contributed by atoms with Crippen LogP contribution in [0.25, 0.3) is 0 Å². The van der Waals surface area contributed by atoms with Crippen LogP contribution in [0, 0.1) is 0 Å². The summed E-state index contributed by atoms with van der Waals surface area (Å²) >= 11 is 0. The summed E-state index contributed by atoms with van der Waals surface area (Å²) in [5, 5.41) is 0. The number of primary amides is 1. The van der Waals surface area contributed by atoms with Gasteiger partial charge in [0.2, 0.25) is 10.0 Å². The minimum absolute atomic E-state index is 0.0473. The maximum Gasteiger partial charge on any atom is 0.323 e. The second-order valence-corrected chi connectivity index (χ2v) is 5.62. The summed E-state index contributed by atoms with van der Waals surface area (Å²) in [5.74, 6) is -1.46. The van der Waals surface area contributed by atoms with Crippen molar-refractivity contribution in [3.05, 3.63) is 18.0 Å². The van der Waals surface area contributed by atoms with E-state index in [1.165, 1.54) is 24.7 Å². The van der Waals surface area contributed by atoms with Crippen LogP contribution in [0.2, 0.25) is 0 Å². The van der Waals surface area contributed by atoms with Crippen LogP contribution >= 0.6 is 0 Å². The van der Waals surface area contributed by atoms with Crippen molar-refractivity contribution in [2.24, 2.45) is 12.8 Å². The van der Waals surface area contributed by atoms with E-state index in [0.717, 1.165) is 13.2 Å². The summed E-state index contributed by atoms with van der Waals surface area (Å²) in [5.41, 5.74) is 5.14. The number of hydrogen-bond donors (Lipinski definition) is 2. The number of nitrogens with zero attached hydrogens (tertiary/aromatic N) is 1. The predicted molar refractivity (Wildman–Crippen MR) is 65.7 cm³/mol. The van der Waals surface area contributed by atoms with Gasteiger partial charge in [-0.1, -0.05) is 0 Å². The van der Waals surface area contributed by atoms with Crippen LogP contribution in [-0.4, -0.2) is 38.0 Å². The number of esters is 1. The molecule has 0 saturated heterocycles. The predicted octanol–water partition coefficient (Wildman–Crippen LogP) is -1.04. The molecule has 0 aliphatic carbocycles. The van der Waals surface area contributed by atoms with Crippen molar-refractivity contribution in [2.45, 2.75) is 17.9 Å². The van der Waals surface area contributed by atoms with Gasteiger partial charge in [0.15, 0.2) is 0 Å². The van der Waals surface area contributed by atoms with Crippen LogP contribution in [0.15, 0.2) is 17.2 Å². The van der Waals surface area contributed by atoms with Gasteiger partial charge < -0.3 is 15.0 Å². The molecule has 8 nitrogen and oxygen atoms in total. The Balaban J connectivity index is 3.04. The van der Waals surface area contributed by atoms with E-state index in [4.69, 9.17) is 5.73 Å². The van der Waals surface area contributed by atoms with E-state index in [-0.39, 0.29) is 10.6 Å². The second-order valence-electron chi connectivity index (χ2n) is 3.90. The lowest BCUT2D eigenvalue weighted by atomic mass is 10.4. The first-order valence-corrected chi connectivity index (χ1v) is 6.73. The average Bonchev–Trinajstić information content (AvgIpc) is 2.70. The first-order valence-electron chi connectivity index (χ1n) is 5.25. The number of nitrogens with one attached hydrogen (secondary N) is 1. The first-order chi connectivity index (χ1) is 8.69. The highest BCUT2D eigenvalue weighted by atomic mass is 32.2. The highest BCUT2D eigenvalue weighted by Crippen LogP contribution is 2.13. The van der Waals surface area contributed by atoms with Crippen molar-refractivity contribution in [3.63, 3.8) is 0 Å². The molecule has 1 aromatic heterocycles. The van der Waals surface area contributed by atoms with Crippen molar-refractivity contribution >= 4 is 21.9 Å². The van der Waals surface area contributed by atoms with E-state index < -0.39 is 27.9 Å². The topological polar surface area (TPSA) is 120 Å². The van der Waals surface area contributed by atoms with Crippen LogP contribution < -0.4 is 10.5 Å². The molecule has 0 fully saturated rings. The molecular weight excluding hydrogens is 274 g/mol. The summed E-state index contributed by atoms with van der Waals surface area (Å²) in [6.07, 6.45) is 1.23. The second kappa shape index (κ2) is 5.41. The Bertz CT molecular complexity index is 605. The Kier molecular flexibility index (Phi) is 4.32. The number of aryl methyl sites for hydroxylation is 1. The van der Waals surface area contributed by atoms with Crippen LogP contribution in [0.1, 0.15) is 17.4 Å². The lowest BCUT2D eigenvalue weighted by Gasteiger charge is -2.10. The summed E-state index contributed by atoms with van der Waals surface area (Å²) in [6, 6.07) is 0.0986. The van der Waals surface area contributed by atoms with Crippen molar-refractivity contribution in [1.29, 1.82) is 0 Å². The molecule has 106 valence electrons. The van der Waals surface area contributed by atoms with E-state index in [1.54, 1.807) is 0 Å². The monoisotopic (exact) mass is 289 g/mol. The van der Waals surface area contributed by atoms with Gasteiger partial charge in [-0.15, -0.1) is 0 Å². The van der Waals surface area contributed by atoms with Crippen LogP contribution in [0.5, 0.6) is 0 Å². The summed E-state index contributed by atoms with van der Waals surface area (Å²) in [6.45, 7) is 1.35. The van der Waals surface area contributed by atoms with Gasteiger partial charge in [0.05, 0.1) is 7.11 Å². The van der Waals surface area contributed by atoms with E-state index in [0.29, 0.717) is 0 Å².